The summed E-state index contributed by atoms with van der Waals surface area (Å²) in [5.41, 5.74) is 0. The van der Waals surface area contributed by atoms with Gasteiger partial charge in [0.05, 0.1) is 0 Å². The Labute approximate surface area is 231 Å². The number of carbonyl (C=O) groups excluding carboxylic acids is 1. The minimum absolute atomic E-state index is 0.282. The van der Waals surface area contributed by atoms with Crippen molar-refractivity contribution in [3.63, 3.8) is 0 Å². The first-order chi connectivity index (χ1) is 18.3. The number of carbonyl (C=O) groups is 1. The van der Waals surface area contributed by atoms with Gasteiger partial charge in [-0.3, -0.25) is 0 Å². The lowest BCUT2D eigenvalue weighted by atomic mass is 10.0. The molecule has 0 spiro atoms. The Balaban J connectivity index is 1.70. The summed E-state index contributed by atoms with van der Waals surface area (Å²) in [5, 5.41) is 0. The summed E-state index contributed by atoms with van der Waals surface area (Å²) in [6.45, 7) is 2.30. The van der Waals surface area contributed by atoms with Crippen LogP contribution >= 0.6 is 0 Å². The van der Waals surface area contributed by atoms with Crippen LogP contribution in [0.5, 0.6) is 5.75 Å². The van der Waals surface area contributed by atoms with Crippen molar-refractivity contribution in [2.24, 2.45) is 0 Å². The molecule has 212 valence electrons. The molecule has 0 aromatic heterocycles. The van der Waals surface area contributed by atoms with E-state index in [2.05, 4.69) is 6.92 Å². The monoisotopic (exact) mass is 512 g/mol. The first kappa shape index (κ1) is 33.5. The molecule has 1 aromatic carbocycles. The molecule has 0 radical (unpaired) electrons. The van der Waals surface area contributed by atoms with Crippen LogP contribution in [0.15, 0.2) is 42.5 Å². The lowest BCUT2D eigenvalue weighted by Crippen LogP contribution is -2.03. The van der Waals surface area contributed by atoms with Gasteiger partial charge in [-0.05, 0) is 25.0 Å². The van der Waals surface area contributed by atoms with Gasteiger partial charge in [-0.1, -0.05) is 179 Å². The fraction of sp³-hybridized carbons (Fsp3) is 0.743. The molecule has 0 aliphatic heterocycles. The Hall–Kier alpha value is -1.57. The SMILES string of the molecule is CCCCCCCCCCCCCCCCCCCCCCCCCCC=CC(=O)Oc1ccccc1. The molecular weight excluding hydrogens is 452 g/mol. The van der Waals surface area contributed by atoms with Gasteiger partial charge in [-0.15, -0.1) is 0 Å². The first-order valence-electron chi connectivity index (χ1n) is 16.3. The van der Waals surface area contributed by atoms with Gasteiger partial charge in [0, 0.05) is 6.08 Å². The van der Waals surface area contributed by atoms with Crippen molar-refractivity contribution in [3.8, 4) is 5.75 Å². The van der Waals surface area contributed by atoms with E-state index in [-0.39, 0.29) is 5.97 Å². The number of allylic oxidation sites excluding steroid dienone is 1. The smallest absolute Gasteiger partial charge is 0.335 e. The molecule has 2 heteroatoms. The zero-order valence-electron chi connectivity index (χ0n) is 24.5. The molecule has 0 saturated heterocycles. The molecule has 0 atom stereocenters. The molecule has 37 heavy (non-hydrogen) atoms. The largest absolute Gasteiger partial charge is 0.423 e. The van der Waals surface area contributed by atoms with E-state index in [0.29, 0.717) is 5.75 Å². The highest BCUT2D eigenvalue weighted by Crippen LogP contribution is 2.16. The van der Waals surface area contributed by atoms with Gasteiger partial charge in [0.1, 0.15) is 5.75 Å². The van der Waals surface area contributed by atoms with Gasteiger partial charge in [0.25, 0.3) is 0 Å². The molecule has 0 N–H and O–H groups in total. The third kappa shape index (κ3) is 24.5. The van der Waals surface area contributed by atoms with Crippen LogP contribution in [0.2, 0.25) is 0 Å². The molecule has 2 nitrogen and oxygen atoms in total. The van der Waals surface area contributed by atoms with Crippen LogP contribution in [-0.4, -0.2) is 5.97 Å². The summed E-state index contributed by atoms with van der Waals surface area (Å²) in [6.07, 6.45) is 38.5. The van der Waals surface area contributed by atoms with Crippen LogP contribution < -0.4 is 4.74 Å². The highest BCUT2D eigenvalue weighted by molar-refractivity contribution is 5.83. The highest BCUT2D eigenvalue weighted by Gasteiger charge is 1.99. The van der Waals surface area contributed by atoms with Gasteiger partial charge >= 0.3 is 5.97 Å². The molecule has 0 aliphatic rings. The Bertz CT molecular complexity index is 621. The summed E-state index contributed by atoms with van der Waals surface area (Å²) in [7, 11) is 0. The Morgan fingerprint density at radius 1 is 0.541 bits per heavy atom. The standard InChI is InChI=1S/C35H60O2/c1-2-3-4-5-6-7-8-9-10-11-12-13-14-15-16-17-18-19-20-21-22-23-24-25-26-30-33-35(36)37-34-31-28-27-29-32-34/h27-33H,2-26H2,1H3. The predicted octanol–water partition coefficient (Wildman–Crippen LogP) is 11.9. The summed E-state index contributed by atoms with van der Waals surface area (Å²) in [4.78, 5) is 11.7. The number of benzene rings is 1. The molecule has 1 aromatic rings. The van der Waals surface area contributed by atoms with E-state index in [1.807, 2.05) is 24.3 Å². The molecular formula is C35H60O2. The fourth-order valence-corrected chi connectivity index (χ4v) is 5.04. The maximum Gasteiger partial charge on any atom is 0.335 e. The van der Waals surface area contributed by atoms with Crippen LogP contribution in [0.4, 0.5) is 0 Å². The lowest BCUT2D eigenvalue weighted by Gasteiger charge is -2.04. The van der Waals surface area contributed by atoms with E-state index >= 15 is 0 Å². The van der Waals surface area contributed by atoms with Crippen LogP contribution in [0.3, 0.4) is 0 Å². The number of esters is 1. The number of hydrogen-bond acceptors (Lipinski definition) is 2. The van der Waals surface area contributed by atoms with Gasteiger partial charge in [-0.2, -0.15) is 0 Å². The number of hydrogen-bond donors (Lipinski definition) is 0. The summed E-state index contributed by atoms with van der Waals surface area (Å²) in [6, 6.07) is 9.25. The maximum absolute atomic E-state index is 11.7. The average molecular weight is 513 g/mol. The quantitative estimate of drug-likeness (QED) is 0.0507. The second-order valence-electron chi connectivity index (χ2n) is 11.1. The van der Waals surface area contributed by atoms with E-state index in [0.717, 1.165) is 12.8 Å². The maximum atomic E-state index is 11.7. The zero-order valence-corrected chi connectivity index (χ0v) is 24.5. The molecule has 0 saturated carbocycles. The van der Waals surface area contributed by atoms with Crippen molar-refractivity contribution in [3.05, 3.63) is 42.5 Å². The van der Waals surface area contributed by atoms with E-state index in [1.54, 1.807) is 18.2 Å². The number of para-hydroxylation sites is 1. The second-order valence-corrected chi connectivity index (χ2v) is 11.1. The van der Waals surface area contributed by atoms with Gasteiger partial charge in [0.15, 0.2) is 0 Å². The van der Waals surface area contributed by atoms with Crippen molar-refractivity contribution in [2.45, 2.75) is 167 Å². The number of ether oxygens (including phenoxy) is 1. The topological polar surface area (TPSA) is 26.3 Å². The van der Waals surface area contributed by atoms with Crippen molar-refractivity contribution in [1.82, 2.24) is 0 Å². The molecule has 0 heterocycles. The Morgan fingerprint density at radius 3 is 1.27 bits per heavy atom. The third-order valence-electron chi connectivity index (χ3n) is 7.44. The van der Waals surface area contributed by atoms with E-state index in [4.69, 9.17) is 4.74 Å². The average Bonchev–Trinajstić information content (AvgIpc) is 2.91. The van der Waals surface area contributed by atoms with Gasteiger partial charge in [0.2, 0.25) is 0 Å². The van der Waals surface area contributed by atoms with Crippen LogP contribution in [-0.2, 0) is 4.79 Å². The number of unbranched alkanes of at least 4 members (excludes halogenated alkanes) is 24. The van der Waals surface area contributed by atoms with Gasteiger partial charge < -0.3 is 4.74 Å². The van der Waals surface area contributed by atoms with E-state index < -0.39 is 0 Å². The Morgan fingerprint density at radius 2 is 0.892 bits per heavy atom. The van der Waals surface area contributed by atoms with Crippen LogP contribution in [0.25, 0.3) is 0 Å². The molecule has 0 amide bonds. The van der Waals surface area contributed by atoms with Crippen LogP contribution in [0.1, 0.15) is 167 Å². The Kier molecular flexibility index (Phi) is 24.8. The summed E-state index contributed by atoms with van der Waals surface area (Å²) in [5.74, 6) is 0.322. The molecule has 0 aliphatic carbocycles. The highest BCUT2D eigenvalue weighted by atomic mass is 16.5. The van der Waals surface area contributed by atoms with E-state index in [9.17, 15) is 4.79 Å². The molecule has 1 rings (SSSR count). The fourth-order valence-electron chi connectivity index (χ4n) is 5.04. The van der Waals surface area contributed by atoms with Crippen molar-refractivity contribution >= 4 is 5.97 Å². The number of rotatable bonds is 27. The van der Waals surface area contributed by atoms with E-state index in [1.165, 1.54) is 148 Å². The lowest BCUT2D eigenvalue weighted by molar-refractivity contribution is -0.129. The van der Waals surface area contributed by atoms with Crippen molar-refractivity contribution < 1.29 is 9.53 Å². The van der Waals surface area contributed by atoms with Crippen molar-refractivity contribution in [2.75, 3.05) is 0 Å². The second kappa shape index (κ2) is 27.5. The normalized spacial score (nSPS) is 11.4. The summed E-state index contributed by atoms with van der Waals surface area (Å²) < 4.78 is 5.25. The minimum atomic E-state index is -0.282. The third-order valence-corrected chi connectivity index (χ3v) is 7.44. The minimum Gasteiger partial charge on any atom is -0.423 e. The molecule has 0 unspecified atom stereocenters. The predicted molar refractivity (Wildman–Crippen MR) is 162 cm³/mol. The zero-order chi connectivity index (χ0) is 26.5. The van der Waals surface area contributed by atoms with Gasteiger partial charge in [-0.25, -0.2) is 4.79 Å². The van der Waals surface area contributed by atoms with Crippen LogP contribution in [0, 0.1) is 0 Å². The van der Waals surface area contributed by atoms with Crippen molar-refractivity contribution in [1.29, 1.82) is 0 Å². The summed E-state index contributed by atoms with van der Waals surface area (Å²) >= 11 is 0. The molecule has 0 bridgehead atoms. The molecule has 0 fully saturated rings. The first-order valence-corrected chi connectivity index (χ1v) is 16.3.